The Morgan fingerprint density at radius 2 is 2.10 bits per heavy atom. The van der Waals surface area contributed by atoms with Crippen LogP contribution < -0.4 is 5.32 Å². The molecule has 1 amide bonds. The second kappa shape index (κ2) is 6.01. The van der Waals surface area contributed by atoms with E-state index in [0.717, 1.165) is 16.7 Å². The van der Waals surface area contributed by atoms with Gasteiger partial charge in [-0.1, -0.05) is 36.0 Å². The minimum absolute atomic E-state index is 0.0799. The van der Waals surface area contributed by atoms with Gasteiger partial charge < -0.3 is 9.73 Å². The second-order valence-corrected chi connectivity index (χ2v) is 5.44. The number of rotatable bonds is 4. The number of thioether (sulfide) groups is 1. The van der Waals surface area contributed by atoms with Crippen molar-refractivity contribution in [1.29, 1.82) is 0 Å². The van der Waals surface area contributed by atoms with Gasteiger partial charge in [0.25, 0.3) is 11.1 Å². The lowest BCUT2D eigenvalue weighted by atomic mass is 10.1. The fraction of sp³-hybridized carbons (Fsp3) is 0.125. The molecule has 0 radical (unpaired) electrons. The molecular formula is C16H14N2O2S. The number of amides is 1. The van der Waals surface area contributed by atoms with Crippen LogP contribution in [-0.4, -0.2) is 17.9 Å². The van der Waals surface area contributed by atoms with E-state index in [1.807, 2.05) is 42.5 Å². The van der Waals surface area contributed by atoms with Gasteiger partial charge in [-0.15, -0.1) is 0 Å². The number of benzene rings is 2. The third kappa shape index (κ3) is 3.08. The average Bonchev–Trinajstić information content (AvgIpc) is 2.95. The van der Waals surface area contributed by atoms with E-state index >= 15 is 0 Å². The Morgan fingerprint density at radius 3 is 2.90 bits per heavy atom. The van der Waals surface area contributed by atoms with E-state index in [1.54, 1.807) is 13.1 Å². The van der Waals surface area contributed by atoms with E-state index in [1.165, 1.54) is 11.8 Å². The van der Waals surface area contributed by atoms with Crippen molar-refractivity contribution < 1.29 is 9.21 Å². The van der Waals surface area contributed by atoms with Crippen LogP contribution >= 0.6 is 11.8 Å². The standard InChI is InChI=1S/C16H14N2O2S/c1-17-15(19)12-6-4-5-11(9-12)10-21-16-18-13-7-2-3-8-14(13)20-16/h2-9H,10H2,1H3,(H,17,19). The zero-order chi connectivity index (χ0) is 14.7. The van der Waals surface area contributed by atoms with Gasteiger partial charge in [-0.3, -0.25) is 4.79 Å². The molecule has 4 nitrogen and oxygen atoms in total. The first-order valence-electron chi connectivity index (χ1n) is 6.55. The van der Waals surface area contributed by atoms with E-state index in [0.29, 0.717) is 16.5 Å². The molecule has 0 atom stereocenters. The van der Waals surface area contributed by atoms with Gasteiger partial charge in [0, 0.05) is 18.4 Å². The van der Waals surface area contributed by atoms with E-state index < -0.39 is 0 Å². The van der Waals surface area contributed by atoms with Crippen LogP contribution in [0.1, 0.15) is 15.9 Å². The molecule has 3 rings (SSSR count). The number of aromatic nitrogens is 1. The van der Waals surface area contributed by atoms with Crippen LogP contribution in [0.4, 0.5) is 0 Å². The molecule has 21 heavy (non-hydrogen) atoms. The summed E-state index contributed by atoms with van der Waals surface area (Å²) in [6, 6.07) is 15.2. The monoisotopic (exact) mass is 298 g/mol. The highest BCUT2D eigenvalue weighted by atomic mass is 32.2. The summed E-state index contributed by atoms with van der Waals surface area (Å²) in [6.45, 7) is 0. The van der Waals surface area contributed by atoms with E-state index in [-0.39, 0.29) is 5.91 Å². The fourth-order valence-electron chi connectivity index (χ4n) is 2.00. The predicted molar refractivity (Wildman–Crippen MR) is 83.4 cm³/mol. The molecule has 1 aromatic heterocycles. The van der Waals surface area contributed by atoms with Crippen LogP contribution in [0.5, 0.6) is 0 Å². The van der Waals surface area contributed by atoms with E-state index in [9.17, 15) is 4.79 Å². The first-order valence-corrected chi connectivity index (χ1v) is 7.54. The molecule has 2 aromatic carbocycles. The Bertz CT molecular complexity index is 750. The molecule has 0 aliphatic carbocycles. The summed E-state index contributed by atoms with van der Waals surface area (Å²) in [7, 11) is 1.63. The number of nitrogens with one attached hydrogen (secondary N) is 1. The van der Waals surface area contributed by atoms with Gasteiger partial charge in [-0.05, 0) is 29.8 Å². The van der Waals surface area contributed by atoms with Gasteiger partial charge in [-0.25, -0.2) is 4.98 Å². The fourth-order valence-corrected chi connectivity index (χ4v) is 2.79. The van der Waals surface area contributed by atoms with Crippen molar-refractivity contribution in [2.75, 3.05) is 7.05 Å². The molecule has 1 N–H and O–H groups in total. The molecule has 0 spiro atoms. The first-order chi connectivity index (χ1) is 10.3. The van der Waals surface area contributed by atoms with Crippen LogP contribution in [0, 0.1) is 0 Å². The van der Waals surface area contributed by atoms with Gasteiger partial charge in [0.2, 0.25) is 0 Å². The summed E-state index contributed by atoms with van der Waals surface area (Å²) in [6.07, 6.45) is 0. The van der Waals surface area contributed by atoms with Gasteiger partial charge in [0.05, 0.1) is 0 Å². The Hall–Kier alpha value is -2.27. The second-order valence-electron chi connectivity index (χ2n) is 4.52. The highest BCUT2D eigenvalue weighted by molar-refractivity contribution is 7.98. The maximum Gasteiger partial charge on any atom is 0.257 e. The van der Waals surface area contributed by atoms with Crippen molar-refractivity contribution in [2.24, 2.45) is 0 Å². The highest BCUT2D eigenvalue weighted by Gasteiger charge is 2.07. The minimum Gasteiger partial charge on any atom is -0.431 e. The van der Waals surface area contributed by atoms with E-state index in [4.69, 9.17) is 4.42 Å². The molecule has 1 heterocycles. The summed E-state index contributed by atoms with van der Waals surface area (Å²) in [5.74, 6) is 0.626. The summed E-state index contributed by atoms with van der Waals surface area (Å²) >= 11 is 1.52. The summed E-state index contributed by atoms with van der Waals surface area (Å²) < 4.78 is 5.66. The van der Waals surface area contributed by atoms with Crippen LogP contribution in [0.3, 0.4) is 0 Å². The molecule has 0 aliphatic heterocycles. The Balaban J connectivity index is 1.73. The third-order valence-electron chi connectivity index (χ3n) is 3.05. The van der Waals surface area contributed by atoms with Crippen molar-refractivity contribution in [3.8, 4) is 0 Å². The van der Waals surface area contributed by atoms with Crippen LogP contribution in [0.25, 0.3) is 11.1 Å². The van der Waals surface area contributed by atoms with Gasteiger partial charge in [-0.2, -0.15) is 0 Å². The van der Waals surface area contributed by atoms with Crippen LogP contribution in [-0.2, 0) is 5.75 Å². The summed E-state index contributed by atoms with van der Waals surface area (Å²) in [5.41, 5.74) is 3.37. The minimum atomic E-state index is -0.0799. The van der Waals surface area contributed by atoms with E-state index in [2.05, 4.69) is 10.3 Å². The number of hydrogen-bond acceptors (Lipinski definition) is 4. The van der Waals surface area contributed by atoms with Crippen molar-refractivity contribution in [3.63, 3.8) is 0 Å². The van der Waals surface area contributed by atoms with Crippen molar-refractivity contribution in [2.45, 2.75) is 11.0 Å². The van der Waals surface area contributed by atoms with Gasteiger partial charge in [0.1, 0.15) is 5.52 Å². The molecule has 0 unspecified atom stereocenters. The smallest absolute Gasteiger partial charge is 0.257 e. The number of carbonyl (C=O) groups excluding carboxylic acids is 1. The maximum atomic E-state index is 11.6. The molecule has 106 valence electrons. The molecule has 0 aliphatic rings. The summed E-state index contributed by atoms with van der Waals surface area (Å²) in [5, 5.41) is 3.26. The van der Waals surface area contributed by atoms with Crippen molar-refractivity contribution in [1.82, 2.24) is 10.3 Å². The van der Waals surface area contributed by atoms with Crippen LogP contribution in [0.15, 0.2) is 58.2 Å². The lowest BCUT2D eigenvalue weighted by Crippen LogP contribution is -2.17. The SMILES string of the molecule is CNC(=O)c1cccc(CSc2nc3ccccc3o2)c1. The number of nitrogens with zero attached hydrogens (tertiary/aromatic N) is 1. The average molecular weight is 298 g/mol. The van der Waals surface area contributed by atoms with Crippen LogP contribution in [0.2, 0.25) is 0 Å². The predicted octanol–water partition coefficient (Wildman–Crippen LogP) is 3.48. The number of fused-ring (bicyclic) bond motifs is 1. The lowest BCUT2D eigenvalue weighted by molar-refractivity contribution is 0.0963. The zero-order valence-corrected chi connectivity index (χ0v) is 12.3. The molecule has 0 fully saturated rings. The summed E-state index contributed by atoms with van der Waals surface area (Å²) in [4.78, 5) is 16.0. The third-order valence-corrected chi connectivity index (χ3v) is 3.95. The highest BCUT2D eigenvalue weighted by Crippen LogP contribution is 2.26. The topological polar surface area (TPSA) is 55.1 Å². The number of para-hydroxylation sites is 2. The number of hydrogen-bond donors (Lipinski definition) is 1. The molecule has 0 saturated heterocycles. The molecule has 0 saturated carbocycles. The zero-order valence-electron chi connectivity index (χ0n) is 11.5. The molecule has 0 bridgehead atoms. The Kier molecular flexibility index (Phi) is 3.92. The maximum absolute atomic E-state index is 11.6. The molecular weight excluding hydrogens is 284 g/mol. The van der Waals surface area contributed by atoms with Gasteiger partial charge >= 0.3 is 0 Å². The number of carbonyl (C=O) groups is 1. The largest absolute Gasteiger partial charge is 0.431 e. The quantitative estimate of drug-likeness (QED) is 0.749. The Labute approximate surface area is 126 Å². The normalized spacial score (nSPS) is 10.7. The number of oxazole rings is 1. The first kappa shape index (κ1) is 13.7. The lowest BCUT2D eigenvalue weighted by Gasteiger charge is -2.03. The molecule has 3 aromatic rings. The van der Waals surface area contributed by atoms with Crippen molar-refractivity contribution in [3.05, 3.63) is 59.7 Å². The Morgan fingerprint density at radius 1 is 1.24 bits per heavy atom. The van der Waals surface area contributed by atoms with Gasteiger partial charge in [0.15, 0.2) is 5.58 Å². The van der Waals surface area contributed by atoms with Crippen molar-refractivity contribution >= 4 is 28.8 Å². The molecule has 5 heteroatoms.